The molecule has 1 amide bonds. The van der Waals surface area contributed by atoms with Gasteiger partial charge >= 0.3 is 12.1 Å². The van der Waals surface area contributed by atoms with E-state index in [1.54, 1.807) is 7.11 Å². The lowest BCUT2D eigenvalue weighted by atomic mass is 10.1. The first-order chi connectivity index (χ1) is 14.0. The SMILES string of the molecule is COCCN1CCO[C@H]2CN(C(=O)c3cc(C)cc(C)c3)C[C@H]21.O=C(O)C(F)(F)F. The van der Waals surface area contributed by atoms with E-state index >= 15 is 0 Å². The fraction of sp³-hybridized carbons (Fsp3) is 0.600. The summed E-state index contributed by atoms with van der Waals surface area (Å²) >= 11 is 0. The molecule has 0 aromatic heterocycles. The Morgan fingerprint density at radius 3 is 2.33 bits per heavy atom. The zero-order valence-electron chi connectivity index (χ0n) is 17.2. The summed E-state index contributed by atoms with van der Waals surface area (Å²) in [6, 6.07) is 6.33. The van der Waals surface area contributed by atoms with Gasteiger partial charge in [-0.15, -0.1) is 0 Å². The first-order valence-corrected chi connectivity index (χ1v) is 9.55. The first kappa shape index (κ1) is 24.1. The van der Waals surface area contributed by atoms with E-state index < -0.39 is 12.1 Å². The number of aliphatic carboxylic acids is 1. The number of likely N-dealkylation sites (tertiary alicyclic amines) is 1. The Hall–Kier alpha value is -2.17. The number of ether oxygens (including phenoxy) is 2. The number of hydrogen-bond acceptors (Lipinski definition) is 5. The van der Waals surface area contributed by atoms with Crippen molar-refractivity contribution in [2.24, 2.45) is 0 Å². The average Bonchev–Trinajstić information content (AvgIpc) is 3.09. The Bertz CT molecular complexity index is 736. The highest BCUT2D eigenvalue weighted by Crippen LogP contribution is 2.24. The second-order valence-corrected chi connectivity index (χ2v) is 7.39. The summed E-state index contributed by atoms with van der Waals surface area (Å²) in [5, 5.41) is 7.12. The maximum atomic E-state index is 12.8. The largest absolute Gasteiger partial charge is 0.490 e. The fourth-order valence-electron chi connectivity index (χ4n) is 3.69. The van der Waals surface area contributed by atoms with E-state index in [0.717, 1.165) is 42.9 Å². The number of carbonyl (C=O) groups is 2. The third-order valence-corrected chi connectivity index (χ3v) is 5.00. The molecule has 1 N–H and O–H groups in total. The van der Waals surface area contributed by atoms with Gasteiger partial charge < -0.3 is 19.5 Å². The van der Waals surface area contributed by atoms with Crippen LogP contribution in [0.2, 0.25) is 0 Å². The van der Waals surface area contributed by atoms with Crippen LogP contribution in [-0.2, 0) is 14.3 Å². The highest BCUT2D eigenvalue weighted by molar-refractivity contribution is 5.95. The van der Waals surface area contributed by atoms with E-state index in [1.165, 1.54) is 0 Å². The van der Waals surface area contributed by atoms with E-state index in [2.05, 4.69) is 11.0 Å². The van der Waals surface area contributed by atoms with Crippen molar-refractivity contribution in [1.29, 1.82) is 0 Å². The van der Waals surface area contributed by atoms with Crippen molar-refractivity contribution in [3.8, 4) is 0 Å². The number of halogens is 3. The van der Waals surface area contributed by atoms with Gasteiger partial charge in [0, 0.05) is 38.9 Å². The number of amides is 1. The van der Waals surface area contributed by atoms with Gasteiger partial charge in [-0.05, 0) is 26.0 Å². The number of morpholine rings is 1. The number of benzene rings is 1. The fourth-order valence-corrected chi connectivity index (χ4v) is 3.69. The van der Waals surface area contributed by atoms with Crippen LogP contribution >= 0.6 is 0 Å². The number of carboxylic acids is 1. The van der Waals surface area contributed by atoms with Gasteiger partial charge in [0.25, 0.3) is 5.91 Å². The molecule has 0 bridgehead atoms. The van der Waals surface area contributed by atoms with Crippen molar-refractivity contribution in [1.82, 2.24) is 9.80 Å². The molecule has 168 valence electrons. The smallest absolute Gasteiger partial charge is 0.475 e. The molecule has 10 heteroatoms. The highest BCUT2D eigenvalue weighted by atomic mass is 19.4. The molecular formula is C20H27F3N2O5. The van der Waals surface area contributed by atoms with Gasteiger partial charge in [0.05, 0.1) is 25.4 Å². The van der Waals surface area contributed by atoms with Crippen LogP contribution in [0.25, 0.3) is 0 Å². The second kappa shape index (κ2) is 10.2. The third kappa shape index (κ3) is 6.41. The number of fused-ring (bicyclic) bond motifs is 1. The Kier molecular flexibility index (Phi) is 8.22. The van der Waals surface area contributed by atoms with E-state index in [9.17, 15) is 18.0 Å². The molecule has 2 saturated heterocycles. The summed E-state index contributed by atoms with van der Waals surface area (Å²) in [4.78, 5) is 26.1. The van der Waals surface area contributed by atoms with Crippen LogP contribution in [0.5, 0.6) is 0 Å². The molecule has 2 fully saturated rings. The van der Waals surface area contributed by atoms with Gasteiger partial charge in [-0.3, -0.25) is 9.69 Å². The van der Waals surface area contributed by atoms with Crippen molar-refractivity contribution < 1.29 is 37.3 Å². The predicted molar refractivity (Wildman–Crippen MR) is 102 cm³/mol. The van der Waals surface area contributed by atoms with Crippen molar-refractivity contribution in [2.45, 2.75) is 32.2 Å². The number of aryl methyl sites for hydroxylation is 2. The second-order valence-electron chi connectivity index (χ2n) is 7.39. The third-order valence-electron chi connectivity index (χ3n) is 5.00. The predicted octanol–water partition coefficient (Wildman–Crippen LogP) is 2.11. The van der Waals surface area contributed by atoms with Crippen LogP contribution in [0.3, 0.4) is 0 Å². The number of rotatable bonds is 4. The van der Waals surface area contributed by atoms with Crippen LogP contribution in [0, 0.1) is 13.8 Å². The number of nitrogens with zero attached hydrogens (tertiary/aromatic N) is 2. The zero-order chi connectivity index (χ0) is 22.5. The molecule has 2 aliphatic heterocycles. The van der Waals surface area contributed by atoms with Crippen LogP contribution in [-0.4, -0.2) is 91.6 Å². The summed E-state index contributed by atoms with van der Waals surface area (Å²) in [5.41, 5.74) is 3.04. The van der Waals surface area contributed by atoms with Crippen molar-refractivity contribution in [2.75, 3.05) is 46.5 Å². The van der Waals surface area contributed by atoms with Crippen molar-refractivity contribution in [3.63, 3.8) is 0 Å². The number of hydrogen-bond donors (Lipinski definition) is 1. The van der Waals surface area contributed by atoms with E-state index in [0.29, 0.717) is 13.2 Å². The molecule has 0 radical (unpaired) electrons. The van der Waals surface area contributed by atoms with Crippen LogP contribution < -0.4 is 0 Å². The number of carboxylic acid groups (broad SMARTS) is 1. The molecule has 2 aliphatic rings. The van der Waals surface area contributed by atoms with E-state index in [1.807, 2.05) is 30.9 Å². The standard InChI is InChI=1S/C18H26N2O3.C2HF3O2/c1-13-8-14(2)10-15(9-13)18(21)20-11-16-17(12-20)23-7-5-19(16)4-6-22-3;3-2(4,5)1(6)7/h8-10,16-17H,4-7,11-12H2,1-3H3;(H,6,7)/t16-,17+;/m1./s1. The molecule has 30 heavy (non-hydrogen) atoms. The lowest BCUT2D eigenvalue weighted by Crippen LogP contribution is -2.51. The minimum absolute atomic E-state index is 0.112. The first-order valence-electron chi connectivity index (χ1n) is 9.55. The van der Waals surface area contributed by atoms with Crippen molar-refractivity contribution in [3.05, 3.63) is 34.9 Å². The summed E-state index contributed by atoms with van der Waals surface area (Å²) < 4.78 is 42.8. The molecule has 0 aliphatic carbocycles. The minimum Gasteiger partial charge on any atom is -0.475 e. The van der Waals surface area contributed by atoms with Crippen LogP contribution in [0.1, 0.15) is 21.5 Å². The molecule has 0 spiro atoms. The highest BCUT2D eigenvalue weighted by Gasteiger charge is 2.41. The van der Waals surface area contributed by atoms with Gasteiger partial charge in [-0.1, -0.05) is 17.2 Å². The lowest BCUT2D eigenvalue weighted by Gasteiger charge is -2.36. The Labute approximate surface area is 173 Å². The maximum Gasteiger partial charge on any atom is 0.490 e. The molecule has 1 aromatic carbocycles. The number of methoxy groups -OCH3 is 1. The summed E-state index contributed by atoms with van der Waals surface area (Å²) in [6.45, 7) is 8.74. The normalized spacial score (nSPS) is 21.6. The molecule has 2 heterocycles. The molecule has 2 atom stereocenters. The zero-order valence-corrected chi connectivity index (χ0v) is 17.2. The number of carbonyl (C=O) groups excluding carboxylic acids is 1. The van der Waals surface area contributed by atoms with E-state index in [4.69, 9.17) is 19.4 Å². The topological polar surface area (TPSA) is 79.3 Å². The lowest BCUT2D eigenvalue weighted by molar-refractivity contribution is -0.192. The Balaban J connectivity index is 0.000000396. The Morgan fingerprint density at radius 2 is 1.80 bits per heavy atom. The van der Waals surface area contributed by atoms with Gasteiger partial charge in [0.1, 0.15) is 0 Å². The van der Waals surface area contributed by atoms with Gasteiger partial charge in [0.2, 0.25) is 0 Å². The molecular weight excluding hydrogens is 405 g/mol. The van der Waals surface area contributed by atoms with Crippen LogP contribution in [0.4, 0.5) is 13.2 Å². The summed E-state index contributed by atoms with van der Waals surface area (Å²) in [6.07, 6.45) is -4.96. The van der Waals surface area contributed by atoms with E-state index in [-0.39, 0.29) is 18.1 Å². The van der Waals surface area contributed by atoms with Gasteiger partial charge in [-0.2, -0.15) is 13.2 Å². The minimum atomic E-state index is -5.08. The molecule has 0 saturated carbocycles. The van der Waals surface area contributed by atoms with Gasteiger partial charge in [-0.25, -0.2) is 4.79 Å². The Morgan fingerprint density at radius 1 is 1.20 bits per heavy atom. The van der Waals surface area contributed by atoms with Crippen molar-refractivity contribution >= 4 is 11.9 Å². The monoisotopic (exact) mass is 432 g/mol. The molecule has 0 unspecified atom stereocenters. The molecule has 3 rings (SSSR count). The van der Waals surface area contributed by atoms with Crippen LogP contribution in [0.15, 0.2) is 18.2 Å². The molecule has 1 aromatic rings. The quantitative estimate of drug-likeness (QED) is 0.785. The van der Waals surface area contributed by atoms with Gasteiger partial charge in [0.15, 0.2) is 0 Å². The maximum absolute atomic E-state index is 12.8. The molecule has 7 nitrogen and oxygen atoms in total. The summed E-state index contributed by atoms with van der Waals surface area (Å²) in [5.74, 6) is -2.64. The summed E-state index contributed by atoms with van der Waals surface area (Å²) in [7, 11) is 1.72. The number of alkyl halides is 3. The average molecular weight is 432 g/mol.